The van der Waals surface area contributed by atoms with Gasteiger partial charge in [-0.1, -0.05) is 67.2 Å². The van der Waals surface area contributed by atoms with Crippen molar-refractivity contribution in [3.8, 4) is 0 Å². The van der Waals surface area contributed by atoms with Crippen molar-refractivity contribution in [1.29, 1.82) is 0 Å². The van der Waals surface area contributed by atoms with Crippen LogP contribution in [0.4, 0.5) is 0 Å². The van der Waals surface area contributed by atoms with Gasteiger partial charge >= 0.3 is 14.6 Å². The zero-order valence-corrected chi connectivity index (χ0v) is 13.2. The normalized spacial score (nSPS) is 11.3. The summed E-state index contributed by atoms with van der Waals surface area (Å²) >= 11 is 0. The summed E-state index contributed by atoms with van der Waals surface area (Å²) in [6, 6.07) is 17.9. The molecule has 5 nitrogen and oxygen atoms in total. The lowest BCUT2D eigenvalue weighted by Gasteiger charge is -2.34. The Kier molecular flexibility index (Phi) is 6.02. The third-order valence-corrected chi connectivity index (χ3v) is 3.78. The van der Waals surface area contributed by atoms with Gasteiger partial charge in [0.25, 0.3) is 0 Å². The number of hydrogen-bond donors (Lipinski definition) is 2. The highest BCUT2D eigenvalue weighted by Crippen LogP contribution is 2.43. The van der Waals surface area contributed by atoms with E-state index in [9.17, 15) is 14.6 Å². The van der Waals surface area contributed by atoms with Crippen LogP contribution in [0.5, 0.6) is 0 Å². The quantitative estimate of drug-likeness (QED) is 0.463. The van der Waals surface area contributed by atoms with E-state index in [-0.39, 0.29) is 6.61 Å². The van der Waals surface area contributed by atoms with Crippen molar-refractivity contribution in [3.63, 3.8) is 0 Å². The monoisotopic (exact) mass is 332 g/mol. The van der Waals surface area contributed by atoms with Crippen LogP contribution in [0.2, 0.25) is 0 Å². The molecule has 0 atom stereocenters. The molecule has 0 heterocycles. The molecule has 0 fully saturated rings. The maximum absolute atomic E-state index is 11.5. The zero-order chi connectivity index (χ0) is 16.7. The first-order chi connectivity index (χ1) is 11.1. The molecule has 0 unspecified atom stereocenters. The molecule has 23 heavy (non-hydrogen) atoms. The van der Waals surface area contributed by atoms with Crippen LogP contribution in [-0.2, 0) is 19.7 Å². The first kappa shape index (κ1) is 17.3. The molecular weight excluding hydrogens is 315 g/mol. The van der Waals surface area contributed by atoms with Gasteiger partial charge in [-0.15, -0.1) is 0 Å². The number of esters is 1. The highest BCUT2D eigenvalue weighted by Gasteiger charge is 2.39. The van der Waals surface area contributed by atoms with Gasteiger partial charge in [-0.05, 0) is 11.1 Å². The summed E-state index contributed by atoms with van der Waals surface area (Å²) in [6.45, 7) is 3.14. The van der Waals surface area contributed by atoms with Crippen molar-refractivity contribution in [1.82, 2.24) is 0 Å². The van der Waals surface area contributed by atoms with Gasteiger partial charge in [0.2, 0.25) is 0 Å². The van der Waals surface area contributed by atoms with E-state index in [2.05, 4.69) is 6.58 Å². The lowest BCUT2D eigenvalue weighted by molar-refractivity contribution is -0.143. The number of carbonyl (C=O) groups is 1. The molecule has 0 spiro atoms. The standard InChI is InChI=1S/C17H17O5P/c1-2-16(18)21-13-17(22-23(19)20,14-9-5-3-6-10-14)15-11-7-4-8-12-15/h2-12,19-20H,1,13H2. The van der Waals surface area contributed by atoms with Crippen LogP contribution < -0.4 is 0 Å². The van der Waals surface area contributed by atoms with Crippen LogP contribution in [0.1, 0.15) is 11.1 Å². The third kappa shape index (κ3) is 4.24. The Morgan fingerprint density at radius 3 is 1.91 bits per heavy atom. The molecule has 0 aliphatic rings. The summed E-state index contributed by atoms with van der Waals surface area (Å²) < 4.78 is 10.6. The van der Waals surface area contributed by atoms with E-state index in [1.165, 1.54) is 0 Å². The van der Waals surface area contributed by atoms with Crippen molar-refractivity contribution in [2.24, 2.45) is 0 Å². The van der Waals surface area contributed by atoms with E-state index in [1.54, 1.807) is 48.5 Å². The average molecular weight is 332 g/mol. The maximum atomic E-state index is 11.5. The summed E-state index contributed by atoms with van der Waals surface area (Å²) in [7, 11) is -2.69. The first-order valence-electron chi connectivity index (χ1n) is 6.86. The van der Waals surface area contributed by atoms with Gasteiger partial charge in [0, 0.05) is 6.08 Å². The van der Waals surface area contributed by atoms with E-state index in [1.807, 2.05) is 12.1 Å². The Morgan fingerprint density at radius 1 is 1.04 bits per heavy atom. The second kappa shape index (κ2) is 7.99. The largest absolute Gasteiger partial charge is 0.459 e. The predicted octanol–water partition coefficient (Wildman–Crippen LogP) is 2.89. The Morgan fingerprint density at radius 2 is 1.52 bits per heavy atom. The minimum absolute atomic E-state index is 0.216. The molecule has 0 amide bonds. The maximum Gasteiger partial charge on any atom is 0.330 e. The molecule has 2 rings (SSSR count). The van der Waals surface area contributed by atoms with Crippen LogP contribution in [-0.4, -0.2) is 22.4 Å². The number of hydrogen-bond acceptors (Lipinski definition) is 5. The van der Waals surface area contributed by atoms with Crippen molar-refractivity contribution in [2.45, 2.75) is 5.60 Å². The molecule has 6 heteroatoms. The smallest absolute Gasteiger partial charge is 0.330 e. The molecule has 2 aromatic carbocycles. The Balaban J connectivity index is 2.53. The first-order valence-corrected chi connectivity index (χ1v) is 8.02. The minimum atomic E-state index is -2.69. The van der Waals surface area contributed by atoms with Gasteiger partial charge in [-0.25, -0.2) is 4.79 Å². The molecule has 2 N–H and O–H groups in total. The van der Waals surface area contributed by atoms with Crippen molar-refractivity contribution in [2.75, 3.05) is 6.61 Å². The van der Waals surface area contributed by atoms with Crippen molar-refractivity contribution < 1.29 is 23.8 Å². The van der Waals surface area contributed by atoms with Crippen molar-refractivity contribution in [3.05, 3.63) is 84.4 Å². The number of rotatable bonds is 7. The van der Waals surface area contributed by atoms with Crippen molar-refractivity contribution >= 4 is 14.6 Å². The van der Waals surface area contributed by atoms with Crippen LogP contribution in [0, 0.1) is 0 Å². The van der Waals surface area contributed by atoms with E-state index in [0.717, 1.165) is 6.08 Å². The summed E-state index contributed by atoms with van der Waals surface area (Å²) in [5.74, 6) is -0.620. The molecule has 0 aliphatic carbocycles. The van der Waals surface area contributed by atoms with Gasteiger partial charge in [-0.2, -0.15) is 0 Å². The van der Waals surface area contributed by atoms with Gasteiger partial charge in [0.15, 0.2) is 5.60 Å². The van der Waals surface area contributed by atoms with E-state index in [4.69, 9.17) is 9.26 Å². The Labute approximate surface area is 135 Å². The third-order valence-electron chi connectivity index (χ3n) is 3.30. The van der Waals surface area contributed by atoms with Crippen LogP contribution >= 0.6 is 8.60 Å². The van der Waals surface area contributed by atoms with E-state index in [0.29, 0.717) is 11.1 Å². The lowest BCUT2D eigenvalue weighted by Crippen LogP contribution is -2.36. The van der Waals surface area contributed by atoms with Crippen LogP contribution in [0.25, 0.3) is 0 Å². The molecule has 2 aromatic rings. The van der Waals surface area contributed by atoms with Crippen LogP contribution in [0.3, 0.4) is 0 Å². The summed E-state index contributed by atoms with van der Waals surface area (Å²) in [4.78, 5) is 30.4. The summed E-state index contributed by atoms with van der Waals surface area (Å²) in [6.07, 6.45) is 1.04. The summed E-state index contributed by atoms with van der Waals surface area (Å²) in [5.41, 5.74) is -0.0477. The number of benzene rings is 2. The molecule has 0 aromatic heterocycles. The fraction of sp³-hybridized carbons (Fsp3) is 0.118. The highest BCUT2D eigenvalue weighted by atomic mass is 31.2. The molecule has 0 saturated heterocycles. The summed E-state index contributed by atoms with van der Waals surface area (Å²) in [5, 5.41) is 0. The number of ether oxygens (including phenoxy) is 1. The topological polar surface area (TPSA) is 76.0 Å². The van der Waals surface area contributed by atoms with E-state index < -0.39 is 20.2 Å². The average Bonchev–Trinajstić information content (AvgIpc) is 2.59. The Bertz CT molecular complexity index is 603. The molecule has 120 valence electrons. The molecule has 0 saturated carbocycles. The molecule has 0 radical (unpaired) electrons. The molecule has 0 aliphatic heterocycles. The second-order valence-electron chi connectivity index (χ2n) is 4.71. The zero-order valence-electron chi connectivity index (χ0n) is 12.3. The SMILES string of the molecule is C=CC(=O)OCC(OP(O)O)(c1ccccc1)c1ccccc1. The minimum Gasteiger partial charge on any atom is -0.459 e. The highest BCUT2D eigenvalue weighted by molar-refractivity contribution is 7.39. The van der Waals surface area contributed by atoms with Crippen LogP contribution in [0.15, 0.2) is 73.3 Å². The van der Waals surface area contributed by atoms with E-state index >= 15 is 0 Å². The fourth-order valence-corrected chi connectivity index (χ4v) is 2.79. The van der Waals surface area contributed by atoms with Gasteiger partial charge < -0.3 is 14.5 Å². The van der Waals surface area contributed by atoms with Gasteiger partial charge in [0.05, 0.1) is 0 Å². The Hall–Kier alpha value is -2.04. The lowest BCUT2D eigenvalue weighted by atomic mass is 9.87. The second-order valence-corrected chi connectivity index (χ2v) is 5.40. The van der Waals surface area contributed by atoms with Gasteiger partial charge in [0.1, 0.15) is 6.61 Å². The number of carbonyl (C=O) groups excluding carboxylic acids is 1. The predicted molar refractivity (Wildman–Crippen MR) is 87.3 cm³/mol. The fourth-order valence-electron chi connectivity index (χ4n) is 2.25. The molecule has 0 bridgehead atoms. The van der Waals surface area contributed by atoms with Gasteiger partial charge in [-0.3, -0.25) is 4.52 Å². The molecular formula is C17H17O5P.